The number of oxazole rings is 2. The number of para-hydroxylation sites is 4. The average Bonchev–Trinajstić information content (AvgIpc) is 3.36. The van der Waals surface area contributed by atoms with Crippen LogP contribution in [-0.4, -0.2) is 21.6 Å². The summed E-state index contributed by atoms with van der Waals surface area (Å²) in [5, 5.41) is 3.36. The molecule has 29 heavy (non-hydrogen) atoms. The SMILES string of the molecule is O=C(CSc1nc2ccccc2o1)Nc1cccc(-c2nc3ccccc3o2)c1. The highest BCUT2D eigenvalue weighted by atomic mass is 32.2. The van der Waals surface area contributed by atoms with Crippen LogP contribution in [0.2, 0.25) is 0 Å². The van der Waals surface area contributed by atoms with Crippen molar-refractivity contribution in [2.45, 2.75) is 5.22 Å². The quantitative estimate of drug-likeness (QED) is 0.399. The Labute approximate surface area is 170 Å². The van der Waals surface area contributed by atoms with E-state index < -0.39 is 0 Å². The number of hydrogen-bond acceptors (Lipinski definition) is 6. The third-order valence-corrected chi connectivity index (χ3v) is 5.12. The molecule has 0 saturated carbocycles. The zero-order chi connectivity index (χ0) is 19.6. The van der Waals surface area contributed by atoms with Gasteiger partial charge < -0.3 is 14.2 Å². The van der Waals surface area contributed by atoms with Gasteiger partial charge in [0.1, 0.15) is 11.0 Å². The van der Waals surface area contributed by atoms with Crippen LogP contribution in [0.15, 0.2) is 86.9 Å². The predicted octanol–water partition coefficient (Wildman–Crippen LogP) is 5.37. The van der Waals surface area contributed by atoms with Crippen molar-refractivity contribution in [1.82, 2.24) is 9.97 Å². The molecule has 0 saturated heterocycles. The lowest BCUT2D eigenvalue weighted by molar-refractivity contribution is -0.113. The lowest BCUT2D eigenvalue weighted by Gasteiger charge is -2.05. The van der Waals surface area contributed by atoms with Gasteiger partial charge >= 0.3 is 0 Å². The van der Waals surface area contributed by atoms with Crippen molar-refractivity contribution < 1.29 is 13.6 Å². The van der Waals surface area contributed by atoms with Gasteiger partial charge in [-0.2, -0.15) is 0 Å². The van der Waals surface area contributed by atoms with Gasteiger partial charge in [0.15, 0.2) is 11.2 Å². The van der Waals surface area contributed by atoms with Crippen molar-refractivity contribution in [3.63, 3.8) is 0 Å². The molecule has 3 aromatic carbocycles. The molecule has 142 valence electrons. The largest absolute Gasteiger partial charge is 0.436 e. The average molecular weight is 401 g/mol. The van der Waals surface area contributed by atoms with Crippen LogP contribution in [0, 0.1) is 0 Å². The number of anilines is 1. The van der Waals surface area contributed by atoms with Crippen LogP contribution in [0.25, 0.3) is 33.7 Å². The molecule has 7 heteroatoms. The summed E-state index contributed by atoms with van der Waals surface area (Å²) >= 11 is 1.26. The zero-order valence-corrected chi connectivity index (χ0v) is 16.0. The van der Waals surface area contributed by atoms with Gasteiger partial charge in [-0.1, -0.05) is 42.1 Å². The van der Waals surface area contributed by atoms with Crippen LogP contribution in [-0.2, 0) is 4.79 Å². The fourth-order valence-electron chi connectivity index (χ4n) is 2.96. The zero-order valence-electron chi connectivity index (χ0n) is 15.2. The summed E-state index contributed by atoms with van der Waals surface area (Å²) in [5.74, 6) is 0.565. The molecule has 5 aromatic rings. The minimum absolute atomic E-state index is 0.146. The molecule has 0 radical (unpaired) electrons. The van der Waals surface area contributed by atoms with E-state index in [4.69, 9.17) is 8.83 Å². The second-order valence-electron chi connectivity index (χ2n) is 6.35. The van der Waals surface area contributed by atoms with Crippen LogP contribution < -0.4 is 5.32 Å². The van der Waals surface area contributed by atoms with Crippen molar-refractivity contribution in [3.8, 4) is 11.5 Å². The topological polar surface area (TPSA) is 81.2 Å². The lowest BCUT2D eigenvalue weighted by Crippen LogP contribution is -2.13. The number of nitrogens with zero attached hydrogens (tertiary/aromatic N) is 2. The van der Waals surface area contributed by atoms with Crippen molar-refractivity contribution >= 4 is 45.6 Å². The molecule has 0 atom stereocenters. The summed E-state index contributed by atoms with van der Waals surface area (Å²) in [4.78, 5) is 21.2. The molecule has 1 amide bonds. The molecule has 2 aromatic heterocycles. The second-order valence-corrected chi connectivity index (χ2v) is 7.28. The minimum atomic E-state index is -0.146. The van der Waals surface area contributed by atoms with Crippen LogP contribution in [0.4, 0.5) is 5.69 Å². The summed E-state index contributed by atoms with van der Waals surface area (Å²) in [7, 11) is 0. The molecule has 2 heterocycles. The van der Waals surface area contributed by atoms with E-state index in [1.165, 1.54) is 11.8 Å². The third kappa shape index (κ3) is 3.72. The Morgan fingerprint density at radius 3 is 2.34 bits per heavy atom. The maximum absolute atomic E-state index is 12.3. The molecule has 0 unspecified atom stereocenters. The van der Waals surface area contributed by atoms with Crippen LogP contribution >= 0.6 is 11.8 Å². The first-order valence-electron chi connectivity index (χ1n) is 8.99. The van der Waals surface area contributed by atoms with Crippen molar-refractivity contribution in [3.05, 3.63) is 72.8 Å². The van der Waals surface area contributed by atoms with Crippen LogP contribution in [0.1, 0.15) is 0 Å². The van der Waals surface area contributed by atoms with Gasteiger partial charge in [0.05, 0.1) is 5.75 Å². The van der Waals surface area contributed by atoms with Gasteiger partial charge in [0, 0.05) is 11.3 Å². The first kappa shape index (κ1) is 17.5. The molecule has 0 fully saturated rings. The Bertz CT molecular complexity index is 1260. The number of hydrogen-bond donors (Lipinski definition) is 1. The summed E-state index contributed by atoms with van der Waals surface area (Å²) in [6, 6.07) is 22.5. The number of aromatic nitrogens is 2. The summed E-state index contributed by atoms with van der Waals surface area (Å²) < 4.78 is 11.4. The highest BCUT2D eigenvalue weighted by Gasteiger charge is 2.11. The number of fused-ring (bicyclic) bond motifs is 2. The highest BCUT2D eigenvalue weighted by molar-refractivity contribution is 7.99. The Kier molecular flexibility index (Phi) is 4.50. The molecule has 0 aliphatic rings. The molecule has 0 bridgehead atoms. The first-order valence-corrected chi connectivity index (χ1v) is 9.97. The number of carbonyl (C=O) groups is 1. The van der Waals surface area contributed by atoms with Gasteiger partial charge in [-0.25, -0.2) is 9.97 Å². The van der Waals surface area contributed by atoms with E-state index in [1.807, 2.05) is 72.8 Å². The van der Waals surface area contributed by atoms with E-state index in [-0.39, 0.29) is 11.7 Å². The first-order chi connectivity index (χ1) is 14.2. The monoisotopic (exact) mass is 401 g/mol. The molecule has 1 N–H and O–H groups in total. The van der Waals surface area contributed by atoms with E-state index in [0.717, 1.165) is 22.2 Å². The van der Waals surface area contributed by atoms with E-state index in [1.54, 1.807) is 0 Å². The summed E-state index contributed by atoms with van der Waals surface area (Å²) in [6.07, 6.45) is 0. The number of benzene rings is 3. The Morgan fingerprint density at radius 1 is 0.862 bits per heavy atom. The van der Waals surface area contributed by atoms with Crippen molar-refractivity contribution in [2.24, 2.45) is 0 Å². The van der Waals surface area contributed by atoms with Gasteiger partial charge in [0.2, 0.25) is 11.8 Å². The maximum Gasteiger partial charge on any atom is 0.257 e. The predicted molar refractivity (Wildman–Crippen MR) is 113 cm³/mol. The number of thioether (sulfide) groups is 1. The number of nitrogens with one attached hydrogen (secondary N) is 1. The van der Waals surface area contributed by atoms with Crippen LogP contribution in [0.5, 0.6) is 0 Å². The fraction of sp³-hybridized carbons (Fsp3) is 0.0455. The minimum Gasteiger partial charge on any atom is -0.436 e. The normalized spacial score (nSPS) is 11.2. The molecule has 0 aliphatic carbocycles. The van der Waals surface area contributed by atoms with Crippen LogP contribution in [0.3, 0.4) is 0 Å². The van der Waals surface area contributed by atoms with Gasteiger partial charge in [-0.3, -0.25) is 4.79 Å². The van der Waals surface area contributed by atoms with Gasteiger partial charge in [0.25, 0.3) is 5.22 Å². The highest BCUT2D eigenvalue weighted by Crippen LogP contribution is 2.27. The molecule has 0 aliphatic heterocycles. The number of carbonyl (C=O) groups excluding carboxylic acids is 1. The second kappa shape index (κ2) is 7.44. The third-order valence-electron chi connectivity index (χ3n) is 4.29. The molecule has 5 rings (SSSR count). The molecule has 6 nitrogen and oxygen atoms in total. The van der Waals surface area contributed by atoms with Crippen molar-refractivity contribution in [1.29, 1.82) is 0 Å². The summed E-state index contributed by atoms with van der Waals surface area (Å²) in [6.45, 7) is 0. The molecular formula is C22H15N3O3S. The Morgan fingerprint density at radius 2 is 1.59 bits per heavy atom. The Balaban J connectivity index is 1.27. The fourth-order valence-corrected chi connectivity index (χ4v) is 3.60. The standard InChI is InChI=1S/C22H15N3O3S/c26-20(13-29-22-25-17-9-2-4-11-19(17)28-22)23-15-7-5-6-14(12-15)21-24-16-8-1-3-10-18(16)27-21/h1-12H,13H2,(H,23,26). The number of rotatable bonds is 5. The maximum atomic E-state index is 12.3. The van der Waals surface area contributed by atoms with Gasteiger partial charge in [-0.15, -0.1) is 0 Å². The Hall–Kier alpha value is -3.58. The number of amides is 1. The van der Waals surface area contributed by atoms with E-state index in [2.05, 4.69) is 15.3 Å². The van der Waals surface area contributed by atoms with E-state index >= 15 is 0 Å². The summed E-state index contributed by atoms with van der Waals surface area (Å²) in [5.41, 5.74) is 4.49. The molecule has 0 spiro atoms. The smallest absolute Gasteiger partial charge is 0.257 e. The van der Waals surface area contributed by atoms with E-state index in [0.29, 0.717) is 22.4 Å². The molecular weight excluding hydrogens is 386 g/mol. The van der Waals surface area contributed by atoms with Gasteiger partial charge in [-0.05, 0) is 42.5 Å². The van der Waals surface area contributed by atoms with E-state index in [9.17, 15) is 4.79 Å². The van der Waals surface area contributed by atoms with Crippen molar-refractivity contribution in [2.75, 3.05) is 11.1 Å². The lowest BCUT2D eigenvalue weighted by atomic mass is 10.2.